The van der Waals surface area contributed by atoms with E-state index in [1.54, 1.807) is 24.3 Å². The third-order valence-corrected chi connectivity index (χ3v) is 10.4. The van der Waals surface area contributed by atoms with Crippen molar-refractivity contribution >= 4 is 42.5 Å². The summed E-state index contributed by atoms with van der Waals surface area (Å²) < 4.78 is 48.6. The predicted molar refractivity (Wildman–Crippen MR) is 132 cm³/mol. The van der Waals surface area contributed by atoms with E-state index in [-0.39, 0.29) is 10.9 Å². The van der Waals surface area contributed by atoms with E-state index in [0.717, 1.165) is 33.1 Å². The van der Waals surface area contributed by atoms with Crippen LogP contribution < -0.4 is 4.72 Å². The van der Waals surface area contributed by atoms with Gasteiger partial charge in [-0.1, -0.05) is 51.3 Å². The molecule has 162 valence electrons. The lowest BCUT2D eigenvalue weighted by molar-refractivity contribution is 0.595. The summed E-state index contributed by atoms with van der Waals surface area (Å²) in [7, 11) is -7.59. The van der Waals surface area contributed by atoms with Crippen LogP contribution in [0.25, 0.3) is 0 Å². The Labute approximate surface area is 197 Å². The first kappa shape index (κ1) is 22.4. The van der Waals surface area contributed by atoms with Crippen LogP contribution in [0.1, 0.15) is 34.7 Å². The first-order chi connectivity index (χ1) is 14.7. The summed E-state index contributed by atoms with van der Waals surface area (Å²) in [4.78, 5) is 0.383. The first-order valence-corrected chi connectivity index (χ1v) is 13.9. The molecule has 0 amide bonds. The number of nitrogens with one attached hydrogen (secondary N) is 1. The fourth-order valence-corrected chi connectivity index (χ4v) is 8.18. The van der Waals surface area contributed by atoms with Crippen LogP contribution in [0.2, 0.25) is 0 Å². The normalized spacial score (nSPS) is 17.7. The van der Waals surface area contributed by atoms with Crippen molar-refractivity contribution in [1.82, 2.24) is 4.72 Å². The number of hydrogen-bond donors (Lipinski definition) is 1. The molecule has 0 saturated heterocycles. The molecule has 1 aliphatic carbocycles. The first-order valence-electron chi connectivity index (χ1n) is 9.89. The second-order valence-electron chi connectivity index (χ2n) is 7.72. The van der Waals surface area contributed by atoms with Crippen molar-refractivity contribution in [2.75, 3.05) is 0 Å². The molecular formula is C23H23IN2O3S2. The Morgan fingerprint density at radius 3 is 2.06 bits per heavy atom. The lowest BCUT2D eigenvalue weighted by Gasteiger charge is -2.19. The average Bonchev–Trinajstić information content (AvgIpc) is 3.12. The number of nitrogens with zero attached hydrogens (tertiary/aromatic N) is 1. The van der Waals surface area contributed by atoms with Crippen LogP contribution in [0.15, 0.2) is 80.3 Å². The van der Waals surface area contributed by atoms with Crippen molar-refractivity contribution < 1.29 is 12.6 Å². The number of fused-ring (bicyclic) bond motifs is 1. The third kappa shape index (κ3) is 4.72. The molecule has 0 fully saturated rings. The van der Waals surface area contributed by atoms with Gasteiger partial charge in [-0.15, -0.1) is 0 Å². The monoisotopic (exact) mass is 566 g/mol. The number of sulfonamides is 1. The summed E-state index contributed by atoms with van der Waals surface area (Å²) in [5.74, 6) is 0. The molecule has 31 heavy (non-hydrogen) atoms. The fraction of sp³-hybridized carbons (Fsp3) is 0.217. The highest BCUT2D eigenvalue weighted by Crippen LogP contribution is 2.35. The predicted octanol–water partition coefficient (Wildman–Crippen LogP) is 5.32. The maximum atomic E-state index is 14.1. The molecule has 3 aromatic rings. The molecule has 0 aromatic heterocycles. The molecule has 0 spiro atoms. The topological polar surface area (TPSA) is 75.6 Å². The number of aryl methyl sites for hydroxylation is 2. The van der Waals surface area contributed by atoms with E-state index in [0.29, 0.717) is 4.90 Å². The van der Waals surface area contributed by atoms with E-state index >= 15 is 0 Å². The van der Waals surface area contributed by atoms with Gasteiger partial charge in [0, 0.05) is 9.61 Å². The van der Waals surface area contributed by atoms with E-state index in [4.69, 9.17) is 0 Å². The minimum atomic E-state index is -4.13. The van der Waals surface area contributed by atoms with Crippen molar-refractivity contribution in [2.45, 2.75) is 42.5 Å². The summed E-state index contributed by atoms with van der Waals surface area (Å²) in [6.45, 7) is 3.80. The van der Waals surface area contributed by atoms with Crippen LogP contribution in [0, 0.1) is 17.4 Å². The molecule has 8 heteroatoms. The number of hydrogen-bond acceptors (Lipinski definition) is 3. The van der Waals surface area contributed by atoms with E-state index in [1.165, 1.54) is 17.7 Å². The van der Waals surface area contributed by atoms with Crippen molar-refractivity contribution in [1.29, 1.82) is 0 Å². The van der Waals surface area contributed by atoms with Crippen LogP contribution >= 0.6 is 22.6 Å². The summed E-state index contributed by atoms with van der Waals surface area (Å²) in [6, 6.07) is 19.2. The van der Waals surface area contributed by atoms with Gasteiger partial charge in [0.2, 0.25) is 0 Å². The number of rotatable bonds is 5. The molecule has 0 bridgehead atoms. The third-order valence-electron chi connectivity index (χ3n) is 5.38. The average molecular weight is 566 g/mol. The highest BCUT2D eigenvalue weighted by atomic mass is 127. The summed E-state index contributed by atoms with van der Waals surface area (Å²) in [5.41, 5.74) is 4.20. The minimum absolute atomic E-state index is 0.0288. The summed E-state index contributed by atoms with van der Waals surface area (Å²) in [5, 5.41) is 0. The molecule has 0 saturated carbocycles. The molecule has 0 aliphatic heterocycles. The van der Waals surface area contributed by atoms with Gasteiger partial charge in [-0.25, -0.2) is 8.93 Å². The maximum absolute atomic E-state index is 14.1. The Hall–Kier alpha value is -1.75. The van der Waals surface area contributed by atoms with E-state index in [2.05, 4.69) is 31.1 Å². The summed E-state index contributed by atoms with van der Waals surface area (Å²) in [6.07, 6.45) is 1.58. The van der Waals surface area contributed by atoms with Crippen molar-refractivity contribution in [3.63, 3.8) is 0 Å². The fourth-order valence-electron chi connectivity index (χ4n) is 3.67. The lowest BCUT2D eigenvalue weighted by atomic mass is 10.1. The van der Waals surface area contributed by atoms with E-state index in [1.807, 2.05) is 44.2 Å². The molecule has 5 nitrogen and oxygen atoms in total. The van der Waals surface area contributed by atoms with Crippen LogP contribution in [-0.2, 0) is 26.4 Å². The quantitative estimate of drug-likeness (QED) is 0.425. The van der Waals surface area contributed by atoms with Gasteiger partial charge in [0.15, 0.2) is 9.92 Å². The van der Waals surface area contributed by atoms with E-state index in [9.17, 15) is 12.6 Å². The second kappa shape index (κ2) is 8.65. The molecule has 4 rings (SSSR count). The second-order valence-corrected chi connectivity index (χ2v) is 12.7. The van der Waals surface area contributed by atoms with Crippen LogP contribution in [-0.4, -0.2) is 12.6 Å². The van der Waals surface area contributed by atoms with Crippen molar-refractivity contribution in [3.05, 3.63) is 92.6 Å². The zero-order valence-corrected chi connectivity index (χ0v) is 21.0. The van der Waals surface area contributed by atoms with Crippen molar-refractivity contribution in [3.8, 4) is 0 Å². The highest BCUT2D eigenvalue weighted by molar-refractivity contribution is 14.1. The Kier molecular flexibility index (Phi) is 6.26. The van der Waals surface area contributed by atoms with Gasteiger partial charge in [-0.2, -0.15) is 8.42 Å². The van der Waals surface area contributed by atoms with Crippen LogP contribution in [0.5, 0.6) is 0 Å². The molecule has 1 aliphatic rings. The largest absolute Gasteiger partial charge is 0.291 e. The Bertz CT molecular complexity index is 1340. The van der Waals surface area contributed by atoms with E-state index < -0.39 is 19.9 Å². The zero-order valence-electron chi connectivity index (χ0n) is 17.2. The SMILES string of the molecule is Cc1ccc(S(=O)(=O)N=S(=O)(N[C@@H]2CCc3c(I)cccc32)c2ccc(C)cc2)cc1. The maximum Gasteiger partial charge on any atom is 0.291 e. The Balaban J connectivity index is 1.83. The summed E-state index contributed by atoms with van der Waals surface area (Å²) >= 11 is 2.30. The number of halogens is 1. The molecular weight excluding hydrogens is 543 g/mol. The molecule has 0 radical (unpaired) electrons. The van der Waals surface area contributed by atoms with Crippen LogP contribution in [0.4, 0.5) is 0 Å². The molecule has 3 aromatic carbocycles. The highest BCUT2D eigenvalue weighted by Gasteiger charge is 2.29. The van der Waals surface area contributed by atoms with Gasteiger partial charge in [0.05, 0.1) is 9.79 Å². The van der Waals surface area contributed by atoms with Gasteiger partial charge >= 0.3 is 0 Å². The minimum Gasteiger partial charge on any atom is -0.228 e. The van der Waals surface area contributed by atoms with Crippen molar-refractivity contribution in [2.24, 2.45) is 3.77 Å². The standard InChI is InChI=1S/C23H23IN2O3S2/c1-16-6-10-18(11-7-16)30(27,26-31(28,29)19-12-8-17(2)9-13-19)25-23-15-14-20-21(23)4-3-5-22(20)24/h3-13,23H,14-15H2,1-2H3,(H,25,26,27)/t23-,30?/m1/s1. The zero-order chi connectivity index (χ0) is 22.2. The molecule has 0 heterocycles. The molecule has 1 unspecified atom stereocenters. The Morgan fingerprint density at radius 2 is 1.45 bits per heavy atom. The smallest absolute Gasteiger partial charge is 0.228 e. The van der Waals surface area contributed by atoms with Gasteiger partial charge in [-0.3, -0.25) is 0 Å². The van der Waals surface area contributed by atoms with Gasteiger partial charge < -0.3 is 0 Å². The van der Waals surface area contributed by atoms with Gasteiger partial charge in [0.25, 0.3) is 10.0 Å². The van der Waals surface area contributed by atoms with Gasteiger partial charge in [0.1, 0.15) is 0 Å². The molecule has 2 atom stereocenters. The lowest BCUT2D eigenvalue weighted by Crippen LogP contribution is -2.28. The molecule has 1 N–H and O–H groups in total. The Morgan fingerprint density at radius 1 is 0.871 bits per heavy atom. The van der Waals surface area contributed by atoms with Gasteiger partial charge in [-0.05, 0) is 90.7 Å². The van der Waals surface area contributed by atoms with Crippen LogP contribution in [0.3, 0.4) is 0 Å². The number of benzene rings is 3.